The number of carbonyl (C=O) groups is 4. The lowest BCUT2D eigenvalue weighted by atomic mass is 10.1. The molecule has 3 aromatic rings. The predicted molar refractivity (Wildman–Crippen MR) is 156 cm³/mol. The molecular weight excluding hydrogens is 563 g/mol. The Labute approximate surface area is 244 Å². The molecule has 3 fully saturated rings. The van der Waals surface area contributed by atoms with Crippen LogP contribution < -0.4 is 10.3 Å². The number of carboxylic acid groups (broad SMARTS) is 1. The molecule has 0 unspecified atom stereocenters. The first-order valence-corrected chi connectivity index (χ1v) is 14.4. The van der Waals surface area contributed by atoms with Crippen molar-refractivity contribution in [1.29, 1.82) is 0 Å². The molecule has 42 heavy (non-hydrogen) atoms. The molecule has 2 aliphatic heterocycles. The zero-order valence-electron chi connectivity index (χ0n) is 22.7. The first-order valence-electron chi connectivity index (χ1n) is 13.6. The number of aromatic carboxylic acids is 1. The smallest absolute Gasteiger partial charge is 0.341 e. The summed E-state index contributed by atoms with van der Waals surface area (Å²) in [5, 5.41) is 8.97. The molecular formula is C30H27FN4O6S. The number of halogens is 1. The summed E-state index contributed by atoms with van der Waals surface area (Å²) in [7, 11) is 0. The summed E-state index contributed by atoms with van der Waals surface area (Å²) < 4.78 is 17.0. The van der Waals surface area contributed by atoms with Gasteiger partial charge in [0.15, 0.2) is 0 Å². The molecule has 1 saturated carbocycles. The largest absolute Gasteiger partial charge is 0.477 e. The topological polar surface area (TPSA) is 120 Å². The van der Waals surface area contributed by atoms with Gasteiger partial charge in [-0.2, -0.15) is 0 Å². The van der Waals surface area contributed by atoms with Gasteiger partial charge in [0.1, 0.15) is 17.9 Å². The quantitative estimate of drug-likeness (QED) is 0.430. The Kier molecular flexibility index (Phi) is 7.09. The van der Waals surface area contributed by atoms with Gasteiger partial charge in [0.05, 0.1) is 16.1 Å². The summed E-state index contributed by atoms with van der Waals surface area (Å²) in [6.45, 7) is 2.67. The van der Waals surface area contributed by atoms with E-state index in [4.69, 9.17) is 0 Å². The van der Waals surface area contributed by atoms with Crippen molar-refractivity contribution in [2.75, 3.05) is 37.6 Å². The van der Waals surface area contributed by atoms with Crippen LogP contribution in [0.1, 0.15) is 40.4 Å². The highest BCUT2D eigenvalue weighted by molar-refractivity contribution is 8.18. The maximum Gasteiger partial charge on any atom is 0.341 e. The number of piperazine rings is 1. The van der Waals surface area contributed by atoms with E-state index in [-0.39, 0.29) is 53.1 Å². The number of nitrogens with zero attached hydrogens (tertiary/aromatic N) is 4. The van der Waals surface area contributed by atoms with Crippen LogP contribution in [0.3, 0.4) is 0 Å². The Bertz CT molecular complexity index is 1740. The minimum Gasteiger partial charge on any atom is -0.477 e. The highest BCUT2D eigenvalue weighted by Crippen LogP contribution is 2.38. The van der Waals surface area contributed by atoms with E-state index in [1.165, 1.54) is 6.20 Å². The minimum absolute atomic E-state index is 0.0190. The maximum atomic E-state index is 15.3. The molecule has 3 heterocycles. The number of fused-ring (bicyclic) bond motifs is 1. The van der Waals surface area contributed by atoms with Gasteiger partial charge in [-0.25, -0.2) is 9.18 Å². The first kappa shape index (κ1) is 27.7. The fourth-order valence-electron chi connectivity index (χ4n) is 5.29. The first-order chi connectivity index (χ1) is 20.1. The number of aromatic nitrogens is 1. The molecule has 216 valence electrons. The Morgan fingerprint density at radius 1 is 1.05 bits per heavy atom. The minimum atomic E-state index is -1.35. The Morgan fingerprint density at radius 3 is 2.38 bits per heavy atom. The number of carbonyl (C=O) groups excluding carboxylic acids is 3. The Morgan fingerprint density at radius 2 is 1.74 bits per heavy atom. The predicted octanol–water partition coefficient (Wildman–Crippen LogP) is 3.87. The standard InChI is InChI=1S/C30H27FN4O6S/c1-17-2-4-18(5-3-17)12-25-28(38)35(30(41)42-25)16-26(36)33-10-8-32(9-11-33)24-14-23-20(13-22(24)31)27(37)21(29(39)40)15-34(23)19-6-7-19/h2-5,12-15,19H,6-11,16H2,1H3,(H,39,40)/b25-12+. The van der Waals surface area contributed by atoms with Crippen LogP contribution in [0.25, 0.3) is 17.0 Å². The van der Waals surface area contributed by atoms with Gasteiger partial charge < -0.3 is 19.5 Å². The van der Waals surface area contributed by atoms with Crippen LogP contribution in [0.5, 0.6) is 0 Å². The summed E-state index contributed by atoms with van der Waals surface area (Å²) >= 11 is 0.802. The second-order valence-corrected chi connectivity index (χ2v) is 11.7. The van der Waals surface area contributed by atoms with Crippen LogP contribution in [0.15, 0.2) is 52.3 Å². The van der Waals surface area contributed by atoms with Crippen LogP contribution in [0.2, 0.25) is 0 Å². The van der Waals surface area contributed by atoms with E-state index in [1.54, 1.807) is 26.5 Å². The van der Waals surface area contributed by atoms with E-state index in [1.807, 2.05) is 31.2 Å². The number of rotatable bonds is 6. The summed E-state index contributed by atoms with van der Waals surface area (Å²) in [6.07, 6.45) is 4.66. The fourth-order valence-corrected chi connectivity index (χ4v) is 6.13. The van der Waals surface area contributed by atoms with Gasteiger partial charge in [-0.15, -0.1) is 0 Å². The van der Waals surface area contributed by atoms with Gasteiger partial charge in [0, 0.05) is 43.8 Å². The monoisotopic (exact) mass is 590 g/mol. The lowest BCUT2D eigenvalue weighted by Gasteiger charge is -2.36. The number of carboxylic acids is 1. The van der Waals surface area contributed by atoms with Crippen molar-refractivity contribution < 1.29 is 28.7 Å². The summed E-state index contributed by atoms with van der Waals surface area (Å²) in [6, 6.07) is 10.2. The average molecular weight is 591 g/mol. The molecule has 1 aromatic heterocycles. The second-order valence-electron chi connectivity index (χ2n) is 10.7. The highest BCUT2D eigenvalue weighted by Gasteiger charge is 2.37. The third kappa shape index (κ3) is 5.18. The molecule has 10 nitrogen and oxygen atoms in total. The Balaban J connectivity index is 1.15. The van der Waals surface area contributed by atoms with Crippen molar-refractivity contribution in [2.45, 2.75) is 25.8 Å². The van der Waals surface area contributed by atoms with E-state index in [2.05, 4.69) is 0 Å². The molecule has 0 atom stereocenters. The van der Waals surface area contributed by atoms with E-state index >= 15 is 4.39 Å². The van der Waals surface area contributed by atoms with Crippen LogP contribution in [-0.4, -0.2) is 75.2 Å². The molecule has 2 aromatic carbocycles. The molecule has 6 rings (SSSR count). The van der Waals surface area contributed by atoms with Gasteiger partial charge in [0.2, 0.25) is 11.3 Å². The molecule has 0 bridgehead atoms. The van der Waals surface area contributed by atoms with E-state index in [9.17, 15) is 29.1 Å². The third-order valence-corrected chi connectivity index (χ3v) is 8.69. The summed E-state index contributed by atoms with van der Waals surface area (Å²) in [5.74, 6) is -2.89. The van der Waals surface area contributed by atoms with E-state index in [0.29, 0.717) is 18.6 Å². The number of amides is 3. The van der Waals surface area contributed by atoms with Crippen molar-refractivity contribution in [3.8, 4) is 0 Å². The number of anilines is 1. The van der Waals surface area contributed by atoms with Crippen LogP contribution in [0.4, 0.5) is 14.9 Å². The van der Waals surface area contributed by atoms with Crippen LogP contribution >= 0.6 is 11.8 Å². The van der Waals surface area contributed by atoms with Gasteiger partial charge in [-0.05, 0) is 55.3 Å². The summed E-state index contributed by atoms with van der Waals surface area (Å²) in [5.41, 5.74) is 1.48. The zero-order valence-corrected chi connectivity index (χ0v) is 23.5. The maximum absolute atomic E-state index is 15.3. The zero-order chi connectivity index (χ0) is 29.7. The fraction of sp³-hybridized carbons (Fsp3) is 0.300. The molecule has 12 heteroatoms. The van der Waals surface area contributed by atoms with Gasteiger partial charge >= 0.3 is 5.97 Å². The number of pyridine rings is 1. The van der Waals surface area contributed by atoms with Gasteiger partial charge in [-0.3, -0.25) is 24.1 Å². The number of thioether (sulfide) groups is 1. The lowest BCUT2D eigenvalue weighted by molar-refractivity contribution is -0.136. The summed E-state index contributed by atoms with van der Waals surface area (Å²) in [4.78, 5) is 67.4. The molecule has 0 spiro atoms. The number of benzene rings is 2. The van der Waals surface area contributed by atoms with Crippen LogP contribution in [-0.2, 0) is 9.59 Å². The van der Waals surface area contributed by atoms with Crippen molar-refractivity contribution in [3.63, 3.8) is 0 Å². The molecule has 3 aliphatic rings. The third-order valence-electron chi connectivity index (χ3n) is 7.79. The van der Waals surface area contributed by atoms with E-state index < -0.39 is 28.4 Å². The number of aryl methyl sites for hydroxylation is 1. The normalized spacial score (nSPS) is 18.4. The van der Waals surface area contributed by atoms with Crippen LogP contribution in [0, 0.1) is 12.7 Å². The van der Waals surface area contributed by atoms with Crippen molar-refractivity contribution >= 4 is 57.5 Å². The van der Waals surface area contributed by atoms with Crippen molar-refractivity contribution in [2.24, 2.45) is 0 Å². The average Bonchev–Trinajstić information content (AvgIpc) is 3.78. The molecule has 2 saturated heterocycles. The van der Waals surface area contributed by atoms with E-state index in [0.717, 1.165) is 46.7 Å². The van der Waals surface area contributed by atoms with Crippen molar-refractivity contribution in [1.82, 2.24) is 14.4 Å². The SMILES string of the molecule is Cc1ccc(/C=C2/SC(=O)N(CC(=O)N3CCN(c4cc5c(cc4F)c(=O)c(C(=O)O)cn5C4CC4)CC3)C2=O)cc1. The highest BCUT2D eigenvalue weighted by atomic mass is 32.2. The Hall–Kier alpha value is -4.45. The van der Waals surface area contributed by atoms with Gasteiger partial charge in [0.25, 0.3) is 11.1 Å². The van der Waals surface area contributed by atoms with Crippen molar-refractivity contribution in [3.05, 3.63) is 80.2 Å². The number of hydrogen-bond acceptors (Lipinski definition) is 7. The van der Waals surface area contributed by atoms with Gasteiger partial charge in [-0.1, -0.05) is 29.8 Å². The molecule has 3 amide bonds. The number of hydrogen-bond donors (Lipinski definition) is 1. The molecule has 1 N–H and O–H groups in total. The lowest BCUT2D eigenvalue weighted by Crippen LogP contribution is -2.52. The molecule has 0 radical (unpaired) electrons. The number of imide groups is 1. The molecule has 1 aliphatic carbocycles. The second kappa shape index (κ2) is 10.8.